The van der Waals surface area contributed by atoms with Gasteiger partial charge in [0.15, 0.2) is 0 Å². The summed E-state index contributed by atoms with van der Waals surface area (Å²) >= 11 is 14.9. The van der Waals surface area contributed by atoms with Crippen molar-refractivity contribution in [3.05, 3.63) is 121 Å². The van der Waals surface area contributed by atoms with Crippen molar-refractivity contribution in [2.24, 2.45) is 23.7 Å². The number of phenols is 1. The van der Waals surface area contributed by atoms with E-state index in [1.165, 1.54) is 31.3 Å². The van der Waals surface area contributed by atoms with Crippen LogP contribution in [-0.4, -0.2) is 48.0 Å². The number of halogens is 3. The summed E-state index contributed by atoms with van der Waals surface area (Å²) in [7, 11) is 3.02. The number of ether oxygens (including phenoxy) is 2. The Morgan fingerprint density at radius 3 is 2.19 bits per heavy atom. The molecule has 53 heavy (non-hydrogen) atoms. The molecule has 6 atom stereocenters. The van der Waals surface area contributed by atoms with Crippen LogP contribution in [0.25, 0.3) is 0 Å². The van der Waals surface area contributed by atoms with Crippen LogP contribution in [0, 0.1) is 27.2 Å². The van der Waals surface area contributed by atoms with E-state index in [1.807, 2.05) is 18.2 Å². The molecule has 2 N–H and O–H groups in total. The highest BCUT2D eigenvalue weighted by molar-refractivity contribution is 14.1. The number of allylic oxidation sites excluding steroid dienone is 2. The number of fused-ring (bicyclic) bond motifs is 4. The van der Waals surface area contributed by atoms with Crippen molar-refractivity contribution in [3.63, 3.8) is 0 Å². The van der Waals surface area contributed by atoms with E-state index in [2.05, 4.69) is 28.0 Å². The fourth-order valence-electron chi connectivity index (χ4n) is 8.93. The predicted molar refractivity (Wildman–Crippen MR) is 207 cm³/mol. The molecular weight excluding hydrogens is 832 g/mol. The first-order valence-corrected chi connectivity index (χ1v) is 18.8. The second-order valence-electron chi connectivity index (χ2n) is 13.6. The quantitative estimate of drug-likeness (QED) is 0.111. The van der Waals surface area contributed by atoms with Gasteiger partial charge in [-0.1, -0.05) is 53.1 Å². The van der Waals surface area contributed by atoms with Crippen LogP contribution in [0.2, 0.25) is 10.0 Å². The van der Waals surface area contributed by atoms with Crippen LogP contribution in [0.3, 0.4) is 0 Å². The van der Waals surface area contributed by atoms with Crippen LogP contribution in [0.15, 0.2) is 96.6 Å². The maximum atomic E-state index is 15.4. The van der Waals surface area contributed by atoms with Gasteiger partial charge in [-0.05, 0) is 108 Å². The Morgan fingerprint density at radius 2 is 1.53 bits per heavy atom. The summed E-state index contributed by atoms with van der Waals surface area (Å²) in [6.45, 7) is 0. The molecule has 4 amide bonds. The van der Waals surface area contributed by atoms with Crippen LogP contribution in [0.1, 0.15) is 29.9 Å². The second kappa shape index (κ2) is 13.4. The van der Waals surface area contributed by atoms with Crippen molar-refractivity contribution in [2.75, 3.05) is 24.5 Å². The van der Waals surface area contributed by atoms with Gasteiger partial charge in [0, 0.05) is 26.1 Å². The number of amides is 4. The third kappa shape index (κ3) is 5.41. The predicted octanol–water partition coefficient (Wildman–Crippen LogP) is 7.51. The Labute approximate surface area is 328 Å². The molecule has 2 aliphatic carbocycles. The van der Waals surface area contributed by atoms with Gasteiger partial charge in [-0.2, -0.15) is 5.01 Å². The number of hydrazine groups is 1. The molecule has 0 spiro atoms. The van der Waals surface area contributed by atoms with Crippen molar-refractivity contribution in [3.8, 4) is 17.2 Å². The van der Waals surface area contributed by atoms with Gasteiger partial charge in [-0.3, -0.25) is 29.5 Å². The first kappa shape index (κ1) is 35.4. The molecule has 1 saturated carbocycles. The summed E-state index contributed by atoms with van der Waals surface area (Å²) in [6, 6.07) is 23.7. The van der Waals surface area contributed by atoms with Crippen LogP contribution < -0.4 is 19.8 Å². The molecule has 4 aromatic carbocycles. The third-order valence-corrected chi connectivity index (χ3v) is 12.5. The molecule has 2 saturated heterocycles. The van der Waals surface area contributed by atoms with Gasteiger partial charge in [-0.25, -0.2) is 0 Å². The lowest BCUT2D eigenvalue weighted by molar-refractivity contribution is -0.138. The maximum Gasteiger partial charge on any atom is 0.260 e. The Morgan fingerprint density at radius 1 is 0.830 bits per heavy atom. The molecule has 0 aromatic heterocycles. The Balaban J connectivity index is 1.34. The maximum absolute atomic E-state index is 15.4. The lowest BCUT2D eigenvalue weighted by atomic mass is 9.49. The largest absolute Gasteiger partial charge is 0.508 e. The number of carbonyl (C=O) groups is 4. The van der Waals surface area contributed by atoms with Gasteiger partial charge in [0.2, 0.25) is 11.8 Å². The number of anilines is 2. The average Bonchev–Trinajstić information content (AvgIpc) is 3.53. The minimum atomic E-state index is -1.61. The Kier molecular flexibility index (Phi) is 8.94. The van der Waals surface area contributed by atoms with Gasteiger partial charge >= 0.3 is 0 Å². The van der Waals surface area contributed by atoms with Crippen molar-refractivity contribution in [2.45, 2.75) is 24.2 Å². The lowest BCUT2D eigenvalue weighted by Gasteiger charge is -2.50. The molecule has 4 aliphatic rings. The smallest absolute Gasteiger partial charge is 0.260 e. The van der Waals surface area contributed by atoms with Crippen molar-refractivity contribution in [1.29, 1.82) is 0 Å². The summed E-state index contributed by atoms with van der Waals surface area (Å²) < 4.78 is 11.8. The zero-order valence-electron chi connectivity index (χ0n) is 28.4. The van der Waals surface area contributed by atoms with E-state index < -0.39 is 46.8 Å². The highest BCUT2D eigenvalue weighted by Crippen LogP contribution is 2.65. The standard InChI is InChI=1S/C40H32Cl2IN3O7/c1-52-24-10-3-20(4-11-24)40-30(37(49)46(39(40)51)44-32-16-5-21(41)17-31(32)42)19-29-26(35(40)27-13-12-25(53-2)18-33(27)47)14-15-28-34(29)38(50)45(36(28)48)23-8-6-22(43)7-9-23/h3-14,16-18,28-30,34-35,44,47H,15,19H2,1-2H3/t28-,29+,30-,34-,35+,40+/m0/s1. The van der Waals surface area contributed by atoms with Crippen LogP contribution in [0.5, 0.6) is 17.2 Å². The van der Waals surface area contributed by atoms with Gasteiger partial charge in [0.05, 0.1) is 53.8 Å². The Hall–Kier alpha value is -4.59. The van der Waals surface area contributed by atoms with Crippen LogP contribution in [0.4, 0.5) is 11.4 Å². The van der Waals surface area contributed by atoms with E-state index in [0.29, 0.717) is 38.9 Å². The monoisotopic (exact) mass is 863 g/mol. The van der Waals surface area contributed by atoms with Gasteiger partial charge < -0.3 is 14.6 Å². The number of aromatic hydroxyl groups is 1. The molecular formula is C40H32Cl2IN3O7. The number of benzene rings is 4. The minimum absolute atomic E-state index is 0.0864. The molecule has 270 valence electrons. The molecule has 2 aliphatic heterocycles. The average molecular weight is 865 g/mol. The molecule has 10 nitrogen and oxygen atoms in total. The van der Waals surface area contributed by atoms with Gasteiger partial charge in [0.25, 0.3) is 11.8 Å². The van der Waals surface area contributed by atoms with Crippen molar-refractivity contribution < 1.29 is 33.8 Å². The minimum Gasteiger partial charge on any atom is -0.508 e. The number of hydrogen-bond acceptors (Lipinski definition) is 8. The lowest BCUT2D eigenvalue weighted by Crippen LogP contribution is -2.53. The van der Waals surface area contributed by atoms with Crippen LogP contribution >= 0.6 is 45.8 Å². The van der Waals surface area contributed by atoms with E-state index in [0.717, 1.165) is 8.58 Å². The summed E-state index contributed by atoms with van der Waals surface area (Å²) in [5.74, 6) is -5.03. The molecule has 4 aromatic rings. The van der Waals surface area contributed by atoms with E-state index in [-0.39, 0.29) is 41.1 Å². The number of methoxy groups -OCH3 is 2. The van der Waals surface area contributed by atoms with Crippen molar-refractivity contribution >= 4 is 80.8 Å². The summed E-state index contributed by atoms with van der Waals surface area (Å²) in [5, 5.41) is 13.3. The molecule has 0 unspecified atom stereocenters. The molecule has 0 radical (unpaired) electrons. The summed E-state index contributed by atoms with van der Waals surface area (Å²) in [5.41, 5.74) is 3.72. The highest BCUT2D eigenvalue weighted by atomic mass is 127. The number of imide groups is 2. The topological polar surface area (TPSA) is 125 Å². The molecule has 0 bridgehead atoms. The van der Waals surface area contributed by atoms with E-state index in [9.17, 15) is 19.5 Å². The molecule has 8 rings (SSSR count). The number of nitrogens with zero attached hydrogens (tertiary/aromatic N) is 2. The summed E-state index contributed by atoms with van der Waals surface area (Å²) in [6.07, 6.45) is 2.26. The molecule has 2 heterocycles. The zero-order chi connectivity index (χ0) is 37.3. The third-order valence-electron chi connectivity index (χ3n) is 11.2. The Bertz CT molecular complexity index is 2230. The van der Waals surface area contributed by atoms with Crippen molar-refractivity contribution in [1.82, 2.24) is 5.01 Å². The highest BCUT2D eigenvalue weighted by Gasteiger charge is 2.70. The van der Waals surface area contributed by atoms with Gasteiger partial charge in [-0.15, -0.1) is 0 Å². The first-order chi connectivity index (χ1) is 25.5. The summed E-state index contributed by atoms with van der Waals surface area (Å²) in [4.78, 5) is 60.1. The molecule has 13 heteroatoms. The fourth-order valence-corrected chi connectivity index (χ4v) is 9.74. The van der Waals surface area contributed by atoms with E-state index in [4.69, 9.17) is 32.7 Å². The van der Waals surface area contributed by atoms with E-state index in [1.54, 1.807) is 60.7 Å². The second-order valence-corrected chi connectivity index (χ2v) is 15.7. The number of nitrogens with one attached hydrogen (secondary N) is 1. The zero-order valence-corrected chi connectivity index (χ0v) is 32.1. The molecule has 3 fully saturated rings. The van der Waals surface area contributed by atoms with Gasteiger partial charge in [0.1, 0.15) is 17.2 Å². The number of hydrogen-bond donors (Lipinski definition) is 2. The SMILES string of the molecule is COc1ccc([C@@]23C(=O)N(Nc4ccc(Cl)cc4Cl)C(=O)[C@@H]2C[C@@H]2C(=CC[C@@H]4C(=O)N(c5ccc(I)cc5)C(=O)[C@@H]42)[C@@H]3c2ccc(OC)cc2O)cc1. The number of carbonyl (C=O) groups excluding carboxylic acids is 4. The number of phenolic OH excluding ortho intramolecular Hbond substituents is 1. The number of rotatable bonds is 7. The first-order valence-electron chi connectivity index (χ1n) is 16.9. The normalized spacial score (nSPS) is 26.2. The van der Waals surface area contributed by atoms with E-state index >= 15 is 4.79 Å². The van der Waals surface area contributed by atoms with Crippen LogP contribution in [-0.2, 0) is 24.6 Å². The fraction of sp³-hybridized carbons (Fsp3) is 0.250.